The third-order valence-corrected chi connectivity index (χ3v) is 4.36. The van der Waals surface area contributed by atoms with Crippen LogP contribution >= 0.6 is 11.8 Å². The first-order valence-corrected chi connectivity index (χ1v) is 6.26. The molecule has 70 valence electrons. The molecule has 2 unspecified atom stereocenters. The van der Waals surface area contributed by atoms with Crippen molar-refractivity contribution in [2.24, 2.45) is 5.92 Å². The highest BCUT2D eigenvalue weighted by atomic mass is 32.2. The van der Waals surface area contributed by atoms with Gasteiger partial charge in [0.15, 0.2) is 0 Å². The van der Waals surface area contributed by atoms with Gasteiger partial charge in [-0.15, -0.1) is 0 Å². The highest BCUT2D eigenvalue weighted by molar-refractivity contribution is 8.00. The molecule has 1 saturated carbocycles. The van der Waals surface area contributed by atoms with E-state index in [0.717, 1.165) is 17.2 Å². The molecule has 0 aromatic rings. The zero-order chi connectivity index (χ0) is 8.39. The molecule has 1 saturated heterocycles. The van der Waals surface area contributed by atoms with E-state index in [1.165, 1.54) is 38.0 Å². The Morgan fingerprint density at radius 1 is 1.33 bits per heavy atom. The highest BCUT2D eigenvalue weighted by Crippen LogP contribution is 2.32. The zero-order valence-electron chi connectivity index (χ0n) is 7.88. The second-order valence-corrected chi connectivity index (χ2v) is 5.64. The Morgan fingerprint density at radius 3 is 2.75 bits per heavy atom. The van der Waals surface area contributed by atoms with Gasteiger partial charge in [-0.05, 0) is 31.1 Å². The summed E-state index contributed by atoms with van der Waals surface area (Å²) in [5.41, 5.74) is 0. The molecule has 1 aliphatic carbocycles. The molecule has 2 atom stereocenters. The van der Waals surface area contributed by atoms with Crippen LogP contribution < -0.4 is 5.32 Å². The molecule has 1 aliphatic heterocycles. The first-order chi connectivity index (χ1) is 5.86. The fourth-order valence-corrected chi connectivity index (χ4v) is 3.11. The van der Waals surface area contributed by atoms with E-state index in [-0.39, 0.29) is 0 Å². The first-order valence-electron chi connectivity index (χ1n) is 5.21. The van der Waals surface area contributed by atoms with Crippen molar-refractivity contribution in [2.45, 2.75) is 43.9 Å². The van der Waals surface area contributed by atoms with E-state index in [1.807, 2.05) is 0 Å². The molecule has 0 bridgehead atoms. The average Bonchev–Trinajstić information content (AvgIpc) is 2.78. The number of nitrogens with one attached hydrogen (secondary N) is 1. The molecule has 0 aromatic heterocycles. The molecule has 2 rings (SSSR count). The number of thioether (sulfide) groups is 1. The van der Waals surface area contributed by atoms with E-state index in [1.54, 1.807) is 0 Å². The summed E-state index contributed by atoms with van der Waals surface area (Å²) in [5, 5.41) is 4.53. The van der Waals surface area contributed by atoms with Gasteiger partial charge >= 0.3 is 0 Å². The molecule has 12 heavy (non-hydrogen) atoms. The van der Waals surface area contributed by atoms with E-state index in [0.29, 0.717) is 0 Å². The van der Waals surface area contributed by atoms with Crippen LogP contribution in [0.1, 0.15) is 32.6 Å². The second-order valence-electron chi connectivity index (χ2n) is 4.16. The summed E-state index contributed by atoms with van der Waals surface area (Å²) in [5.74, 6) is 2.45. The van der Waals surface area contributed by atoms with Gasteiger partial charge in [-0.2, -0.15) is 11.8 Å². The number of rotatable bonds is 4. The minimum atomic E-state index is 0.814. The summed E-state index contributed by atoms with van der Waals surface area (Å²) in [6.07, 6.45) is 5.80. The van der Waals surface area contributed by atoms with Crippen molar-refractivity contribution in [1.29, 1.82) is 0 Å². The number of hydrogen-bond acceptors (Lipinski definition) is 2. The Morgan fingerprint density at radius 2 is 2.17 bits per heavy atom. The van der Waals surface area contributed by atoms with Crippen LogP contribution in [0.15, 0.2) is 0 Å². The van der Waals surface area contributed by atoms with Crippen LogP contribution in [0.2, 0.25) is 0 Å². The fraction of sp³-hybridized carbons (Fsp3) is 1.00. The van der Waals surface area contributed by atoms with Crippen LogP contribution in [0.4, 0.5) is 0 Å². The Hall–Kier alpha value is 0.310. The van der Waals surface area contributed by atoms with E-state index < -0.39 is 0 Å². The lowest BCUT2D eigenvalue weighted by molar-refractivity contribution is 0.494. The lowest BCUT2D eigenvalue weighted by Gasteiger charge is -2.15. The van der Waals surface area contributed by atoms with Gasteiger partial charge in [-0.25, -0.2) is 0 Å². The largest absolute Gasteiger partial charge is 0.313 e. The van der Waals surface area contributed by atoms with Gasteiger partial charge in [-0.1, -0.05) is 19.8 Å². The predicted octanol–water partition coefficient (Wildman–Crippen LogP) is 2.27. The van der Waals surface area contributed by atoms with E-state index in [4.69, 9.17) is 0 Å². The first kappa shape index (κ1) is 8.89. The van der Waals surface area contributed by atoms with Crippen LogP contribution in [-0.2, 0) is 0 Å². The standard InChI is InChI=1S/C10H19NS/c1-8-10(5-7-12-8)11-6-4-9-2-3-9/h8-11H,2-7H2,1H3. The molecule has 0 spiro atoms. The van der Waals surface area contributed by atoms with Gasteiger partial charge in [0.1, 0.15) is 0 Å². The smallest absolute Gasteiger partial charge is 0.0191 e. The van der Waals surface area contributed by atoms with Crippen LogP contribution in [0.25, 0.3) is 0 Å². The average molecular weight is 185 g/mol. The summed E-state index contributed by atoms with van der Waals surface area (Å²) >= 11 is 2.12. The lowest BCUT2D eigenvalue weighted by Crippen LogP contribution is -2.34. The van der Waals surface area contributed by atoms with Crippen LogP contribution in [-0.4, -0.2) is 23.6 Å². The molecule has 0 radical (unpaired) electrons. The third-order valence-electron chi connectivity index (χ3n) is 3.03. The molecule has 2 aliphatic rings. The Labute approximate surface area is 79.7 Å². The predicted molar refractivity (Wildman–Crippen MR) is 55.7 cm³/mol. The van der Waals surface area contributed by atoms with E-state index >= 15 is 0 Å². The summed E-state index contributed by atoms with van der Waals surface area (Å²) in [7, 11) is 0. The third kappa shape index (κ3) is 2.40. The Balaban J connectivity index is 1.58. The van der Waals surface area contributed by atoms with Crippen molar-refractivity contribution >= 4 is 11.8 Å². The minimum absolute atomic E-state index is 0.814. The van der Waals surface area contributed by atoms with Crippen molar-refractivity contribution in [3.8, 4) is 0 Å². The summed E-state index contributed by atoms with van der Waals surface area (Å²) in [4.78, 5) is 0. The topological polar surface area (TPSA) is 12.0 Å². The van der Waals surface area contributed by atoms with Crippen molar-refractivity contribution in [2.75, 3.05) is 12.3 Å². The Kier molecular flexibility index (Phi) is 2.97. The van der Waals surface area contributed by atoms with Gasteiger partial charge in [0.05, 0.1) is 0 Å². The molecular formula is C10H19NS. The molecule has 2 heteroatoms. The van der Waals surface area contributed by atoms with Crippen molar-refractivity contribution in [3.05, 3.63) is 0 Å². The Bertz CT molecular complexity index is 145. The molecule has 0 amide bonds. The van der Waals surface area contributed by atoms with Gasteiger partial charge in [0, 0.05) is 11.3 Å². The maximum Gasteiger partial charge on any atom is 0.0191 e. The van der Waals surface area contributed by atoms with Crippen LogP contribution in [0.3, 0.4) is 0 Å². The van der Waals surface area contributed by atoms with Crippen molar-refractivity contribution < 1.29 is 0 Å². The lowest BCUT2D eigenvalue weighted by atomic mass is 10.1. The van der Waals surface area contributed by atoms with E-state index in [9.17, 15) is 0 Å². The van der Waals surface area contributed by atoms with Gasteiger partial charge in [0.25, 0.3) is 0 Å². The van der Waals surface area contributed by atoms with Gasteiger partial charge in [-0.3, -0.25) is 0 Å². The molecule has 0 aromatic carbocycles. The maximum absolute atomic E-state index is 3.68. The zero-order valence-corrected chi connectivity index (χ0v) is 8.70. The van der Waals surface area contributed by atoms with Gasteiger partial charge in [0.2, 0.25) is 0 Å². The minimum Gasteiger partial charge on any atom is -0.313 e. The SMILES string of the molecule is CC1SCCC1NCCC1CC1. The normalized spacial score (nSPS) is 35.8. The molecule has 1 heterocycles. The highest BCUT2D eigenvalue weighted by Gasteiger charge is 2.25. The number of hydrogen-bond donors (Lipinski definition) is 1. The van der Waals surface area contributed by atoms with Crippen LogP contribution in [0.5, 0.6) is 0 Å². The molecular weight excluding hydrogens is 166 g/mol. The fourth-order valence-electron chi connectivity index (χ4n) is 1.88. The maximum atomic E-state index is 3.68. The van der Waals surface area contributed by atoms with E-state index in [2.05, 4.69) is 24.0 Å². The summed E-state index contributed by atoms with van der Waals surface area (Å²) < 4.78 is 0. The molecule has 1 N–H and O–H groups in total. The van der Waals surface area contributed by atoms with Crippen LogP contribution in [0, 0.1) is 5.92 Å². The van der Waals surface area contributed by atoms with Crippen molar-refractivity contribution in [3.63, 3.8) is 0 Å². The quantitative estimate of drug-likeness (QED) is 0.721. The summed E-state index contributed by atoms with van der Waals surface area (Å²) in [6, 6.07) is 0.814. The van der Waals surface area contributed by atoms with Gasteiger partial charge < -0.3 is 5.32 Å². The van der Waals surface area contributed by atoms with Crippen molar-refractivity contribution in [1.82, 2.24) is 5.32 Å². The molecule has 1 nitrogen and oxygen atoms in total. The summed E-state index contributed by atoms with van der Waals surface area (Å²) in [6.45, 7) is 3.62. The second kappa shape index (κ2) is 4.01. The monoisotopic (exact) mass is 185 g/mol. The molecule has 2 fully saturated rings.